The first-order valence-electron chi connectivity index (χ1n) is 10.8. The molecule has 1 aliphatic carbocycles. The van der Waals surface area contributed by atoms with Crippen LogP contribution in [0.3, 0.4) is 0 Å². The topological polar surface area (TPSA) is 102 Å². The molecule has 0 spiro atoms. The second-order valence-electron chi connectivity index (χ2n) is 7.86. The number of rotatable bonds is 9. The van der Waals surface area contributed by atoms with Crippen LogP contribution in [0.5, 0.6) is 5.75 Å². The Kier molecular flexibility index (Phi) is 8.56. The van der Waals surface area contributed by atoms with Crippen LogP contribution >= 0.6 is 0 Å². The highest BCUT2D eigenvalue weighted by Crippen LogP contribution is 2.26. The van der Waals surface area contributed by atoms with Crippen molar-refractivity contribution in [1.29, 1.82) is 0 Å². The average molecular weight is 497 g/mol. The summed E-state index contributed by atoms with van der Waals surface area (Å²) >= 11 is 0. The van der Waals surface area contributed by atoms with E-state index in [2.05, 4.69) is 10.1 Å². The third-order valence-corrected chi connectivity index (χ3v) is 7.48. The zero-order chi connectivity index (χ0) is 24.7. The zero-order valence-electron chi connectivity index (χ0n) is 18.6. The number of ether oxygens (including phenoxy) is 2. The van der Waals surface area contributed by atoms with Gasteiger partial charge in [0.05, 0.1) is 10.5 Å². The Morgan fingerprint density at radius 1 is 1.03 bits per heavy atom. The van der Waals surface area contributed by atoms with Crippen molar-refractivity contribution in [2.75, 3.05) is 19.0 Å². The van der Waals surface area contributed by atoms with E-state index in [1.54, 1.807) is 7.05 Å². The average Bonchev–Trinajstić information content (AvgIpc) is 2.83. The number of benzene rings is 2. The molecule has 3 rings (SSSR count). The predicted molar refractivity (Wildman–Crippen MR) is 120 cm³/mol. The number of carbonyl (C=O) groups excluding carboxylic acids is 2. The fourth-order valence-corrected chi connectivity index (χ4v) is 5.12. The van der Waals surface area contributed by atoms with E-state index in [0.717, 1.165) is 32.1 Å². The number of nitrogens with zero attached hydrogens (tertiary/aromatic N) is 1. The van der Waals surface area contributed by atoms with Crippen molar-refractivity contribution in [1.82, 2.24) is 4.31 Å². The molecule has 0 atom stereocenters. The van der Waals surface area contributed by atoms with Crippen LogP contribution in [-0.2, 0) is 19.6 Å². The SMILES string of the molecule is CN(C1CCCCC1)S(=O)(=O)c1ccc(C(=O)OCC(=O)Nc2ccc(OC(F)F)cc2)cc1. The monoisotopic (exact) mass is 496 g/mol. The Labute approximate surface area is 196 Å². The lowest BCUT2D eigenvalue weighted by Gasteiger charge is -2.30. The molecule has 1 N–H and O–H groups in total. The highest BCUT2D eigenvalue weighted by atomic mass is 32.2. The molecule has 11 heteroatoms. The minimum atomic E-state index is -3.68. The van der Waals surface area contributed by atoms with Crippen molar-refractivity contribution >= 4 is 27.6 Å². The number of carbonyl (C=O) groups is 2. The van der Waals surface area contributed by atoms with Gasteiger partial charge in [0.15, 0.2) is 6.61 Å². The highest BCUT2D eigenvalue weighted by molar-refractivity contribution is 7.89. The smallest absolute Gasteiger partial charge is 0.387 e. The summed E-state index contributed by atoms with van der Waals surface area (Å²) in [5.74, 6) is -1.49. The molecule has 0 heterocycles. The van der Waals surface area contributed by atoms with E-state index < -0.39 is 35.1 Å². The maximum Gasteiger partial charge on any atom is 0.387 e. The summed E-state index contributed by atoms with van der Waals surface area (Å²) < 4.78 is 60.7. The summed E-state index contributed by atoms with van der Waals surface area (Å²) in [6.45, 7) is -3.54. The molecular formula is C23H26F2N2O6S. The van der Waals surface area contributed by atoms with Gasteiger partial charge in [-0.25, -0.2) is 13.2 Å². The van der Waals surface area contributed by atoms with Gasteiger partial charge in [-0.15, -0.1) is 0 Å². The Balaban J connectivity index is 1.52. The van der Waals surface area contributed by atoms with Gasteiger partial charge in [0.2, 0.25) is 10.0 Å². The summed E-state index contributed by atoms with van der Waals surface area (Å²) in [7, 11) is -2.11. The molecule has 0 bridgehead atoms. The Hall–Kier alpha value is -3.05. The normalized spacial score (nSPS) is 14.7. The van der Waals surface area contributed by atoms with E-state index in [1.165, 1.54) is 52.8 Å². The van der Waals surface area contributed by atoms with E-state index in [9.17, 15) is 26.8 Å². The van der Waals surface area contributed by atoms with Crippen molar-refractivity contribution in [2.24, 2.45) is 0 Å². The van der Waals surface area contributed by atoms with Gasteiger partial charge < -0.3 is 14.8 Å². The molecule has 2 aromatic carbocycles. The van der Waals surface area contributed by atoms with Crippen molar-refractivity contribution in [2.45, 2.75) is 49.7 Å². The van der Waals surface area contributed by atoms with Crippen LogP contribution in [0.25, 0.3) is 0 Å². The van der Waals surface area contributed by atoms with Crippen molar-refractivity contribution < 1.29 is 36.3 Å². The summed E-state index contributed by atoms with van der Waals surface area (Å²) in [5.41, 5.74) is 0.403. The third-order valence-electron chi connectivity index (χ3n) is 5.55. The van der Waals surface area contributed by atoms with Gasteiger partial charge in [-0.05, 0) is 61.4 Å². The number of hydrogen-bond donors (Lipinski definition) is 1. The summed E-state index contributed by atoms with van der Waals surface area (Å²) in [4.78, 5) is 24.3. The molecule has 1 fully saturated rings. The van der Waals surface area contributed by atoms with Gasteiger partial charge in [-0.3, -0.25) is 4.79 Å². The number of nitrogens with one attached hydrogen (secondary N) is 1. The zero-order valence-corrected chi connectivity index (χ0v) is 19.4. The number of hydrogen-bond acceptors (Lipinski definition) is 6. The van der Waals surface area contributed by atoms with E-state index in [-0.39, 0.29) is 22.3 Å². The molecule has 8 nitrogen and oxygen atoms in total. The Morgan fingerprint density at radius 3 is 2.24 bits per heavy atom. The van der Waals surface area contributed by atoms with Crippen LogP contribution in [0.2, 0.25) is 0 Å². The second kappa shape index (κ2) is 11.4. The standard InChI is InChI=1S/C23H26F2N2O6S/c1-27(18-5-3-2-4-6-18)34(30,31)20-13-7-16(8-14-20)22(29)32-15-21(28)26-17-9-11-19(12-10-17)33-23(24)25/h7-14,18,23H,2-6,15H2,1H3,(H,26,28). The molecule has 2 aromatic rings. The first kappa shape index (κ1) is 25.6. The van der Waals surface area contributed by atoms with Crippen LogP contribution in [0.1, 0.15) is 42.5 Å². The van der Waals surface area contributed by atoms with Gasteiger partial charge in [0, 0.05) is 18.8 Å². The van der Waals surface area contributed by atoms with Gasteiger partial charge in [-0.1, -0.05) is 19.3 Å². The van der Waals surface area contributed by atoms with Crippen molar-refractivity contribution in [3.05, 3.63) is 54.1 Å². The maximum atomic E-state index is 12.9. The highest BCUT2D eigenvalue weighted by Gasteiger charge is 2.29. The lowest BCUT2D eigenvalue weighted by atomic mass is 9.96. The number of halogens is 2. The molecule has 0 saturated heterocycles. The second-order valence-corrected chi connectivity index (χ2v) is 9.86. The lowest BCUT2D eigenvalue weighted by molar-refractivity contribution is -0.119. The van der Waals surface area contributed by atoms with Gasteiger partial charge in [0.1, 0.15) is 5.75 Å². The van der Waals surface area contributed by atoms with Gasteiger partial charge in [-0.2, -0.15) is 13.1 Å². The molecule has 0 unspecified atom stereocenters. The summed E-state index contributed by atoms with van der Waals surface area (Å²) in [5, 5.41) is 2.46. The van der Waals surface area contributed by atoms with Gasteiger partial charge in [0.25, 0.3) is 5.91 Å². The number of amides is 1. The fraction of sp³-hybridized carbons (Fsp3) is 0.391. The van der Waals surface area contributed by atoms with E-state index in [0.29, 0.717) is 5.69 Å². The molecule has 34 heavy (non-hydrogen) atoms. The number of esters is 1. The molecule has 1 aliphatic rings. The maximum absolute atomic E-state index is 12.9. The van der Waals surface area contributed by atoms with E-state index in [1.807, 2.05) is 0 Å². The third kappa shape index (κ3) is 6.73. The molecule has 0 aromatic heterocycles. The van der Waals surface area contributed by atoms with Crippen molar-refractivity contribution in [3.63, 3.8) is 0 Å². The van der Waals surface area contributed by atoms with E-state index in [4.69, 9.17) is 4.74 Å². The first-order valence-corrected chi connectivity index (χ1v) is 12.2. The molecular weight excluding hydrogens is 470 g/mol. The molecule has 184 valence electrons. The van der Waals surface area contributed by atoms with Crippen LogP contribution in [0, 0.1) is 0 Å². The predicted octanol–water partition coefficient (Wildman–Crippen LogP) is 4.04. The number of anilines is 1. The lowest BCUT2D eigenvalue weighted by Crippen LogP contribution is -2.38. The Morgan fingerprint density at radius 2 is 1.65 bits per heavy atom. The molecule has 0 aliphatic heterocycles. The molecule has 1 amide bonds. The molecule has 1 saturated carbocycles. The quantitative estimate of drug-likeness (QED) is 0.526. The van der Waals surface area contributed by atoms with Gasteiger partial charge >= 0.3 is 12.6 Å². The van der Waals surface area contributed by atoms with Crippen LogP contribution < -0.4 is 10.1 Å². The minimum absolute atomic E-state index is 0.0325. The summed E-state index contributed by atoms with van der Waals surface area (Å²) in [6.07, 6.45) is 4.77. The number of sulfonamides is 1. The van der Waals surface area contributed by atoms with Crippen molar-refractivity contribution in [3.8, 4) is 5.75 Å². The fourth-order valence-electron chi connectivity index (χ4n) is 3.70. The first-order chi connectivity index (χ1) is 16.2. The summed E-state index contributed by atoms with van der Waals surface area (Å²) in [6, 6.07) is 10.6. The van der Waals surface area contributed by atoms with Crippen LogP contribution in [0.4, 0.5) is 14.5 Å². The minimum Gasteiger partial charge on any atom is -0.452 e. The van der Waals surface area contributed by atoms with Crippen LogP contribution in [-0.4, -0.2) is 50.9 Å². The molecule has 0 radical (unpaired) electrons. The van der Waals surface area contributed by atoms with E-state index >= 15 is 0 Å². The largest absolute Gasteiger partial charge is 0.452 e. The van der Waals surface area contributed by atoms with Crippen LogP contribution in [0.15, 0.2) is 53.4 Å². The Bertz CT molecular complexity index is 1090. The number of alkyl halides is 2.